The quantitative estimate of drug-likeness (QED) is 0.845. The Hall–Kier alpha value is -0.970. The van der Waals surface area contributed by atoms with E-state index in [4.69, 9.17) is 4.74 Å². The molecule has 1 aromatic carbocycles. The second kappa shape index (κ2) is 7.11. The first-order valence-corrected chi connectivity index (χ1v) is 9.52. The van der Waals surface area contributed by atoms with Crippen LogP contribution in [-0.4, -0.2) is 55.2 Å². The Morgan fingerprint density at radius 1 is 1.08 bits per heavy atom. The van der Waals surface area contributed by atoms with E-state index in [0.29, 0.717) is 5.41 Å². The minimum absolute atomic E-state index is 0.0626. The van der Waals surface area contributed by atoms with Gasteiger partial charge in [-0.3, -0.25) is 9.80 Å². The molecule has 0 bridgehead atoms. The lowest BCUT2D eigenvalue weighted by Crippen LogP contribution is -2.46. The maximum Gasteiger partial charge on any atom is 0.127 e. The minimum atomic E-state index is -0.0626. The molecule has 132 valence electrons. The third-order valence-corrected chi connectivity index (χ3v) is 6.27. The highest BCUT2D eigenvalue weighted by Gasteiger charge is 2.43. The van der Waals surface area contributed by atoms with Gasteiger partial charge in [-0.1, -0.05) is 18.2 Å². The van der Waals surface area contributed by atoms with Crippen LogP contribution in [0, 0.1) is 11.2 Å². The molecule has 0 saturated carbocycles. The number of rotatable bonds is 3. The molecular formula is C20H29FN2O. The van der Waals surface area contributed by atoms with Crippen LogP contribution in [0.5, 0.6) is 0 Å². The number of likely N-dealkylation sites (tertiary alicyclic amines) is 2. The van der Waals surface area contributed by atoms with Crippen LogP contribution in [0.1, 0.15) is 37.7 Å². The first-order valence-electron chi connectivity index (χ1n) is 9.52. The zero-order chi connectivity index (χ0) is 16.4. The number of halogens is 1. The van der Waals surface area contributed by atoms with Gasteiger partial charge in [-0.2, -0.15) is 0 Å². The molecule has 24 heavy (non-hydrogen) atoms. The van der Waals surface area contributed by atoms with Gasteiger partial charge in [0.25, 0.3) is 0 Å². The number of piperidine rings is 1. The molecule has 1 atom stereocenters. The van der Waals surface area contributed by atoms with Crippen molar-refractivity contribution in [1.82, 2.24) is 9.80 Å². The third-order valence-electron chi connectivity index (χ3n) is 6.27. The summed E-state index contributed by atoms with van der Waals surface area (Å²) in [5.74, 6) is -0.0626. The van der Waals surface area contributed by atoms with E-state index in [2.05, 4.69) is 9.80 Å². The zero-order valence-corrected chi connectivity index (χ0v) is 14.6. The van der Waals surface area contributed by atoms with E-state index in [0.717, 1.165) is 44.5 Å². The van der Waals surface area contributed by atoms with Crippen molar-refractivity contribution in [3.05, 3.63) is 35.6 Å². The number of nitrogens with zero attached hydrogens (tertiary/aromatic N) is 2. The van der Waals surface area contributed by atoms with Crippen molar-refractivity contribution >= 4 is 0 Å². The molecule has 4 rings (SSSR count). The maximum absolute atomic E-state index is 14.0. The number of hydrogen-bond donors (Lipinski definition) is 0. The molecule has 0 aliphatic carbocycles. The molecule has 3 nitrogen and oxygen atoms in total. The molecule has 1 spiro atoms. The molecule has 0 radical (unpaired) electrons. The van der Waals surface area contributed by atoms with Gasteiger partial charge in [-0.05, 0) is 56.7 Å². The average Bonchev–Trinajstić information content (AvgIpc) is 3.01. The van der Waals surface area contributed by atoms with E-state index in [-0.39, 0.29) is 5.82 Å². The Bertz CT molecular complexity index is 560. The number of benzene rings is 1. The molecule has 0 amide bonds. The van der Waals surface area contributed by atoms with E-state index in [1.807, 2.05) is 12.1 Å². The fourth-order valence-corrected chi connectivity index (χ4v) is 4.98. The van der Waals surface area contributed by atoms with Gasteiger partial charge in [-0.25, -0.2) is 4.39 Å². The summed E-state index contributed by atoms with van der Waals surface area (Å²) in [7, 11) is 0. The summed E-state index contributed by atoms with van der Waals surface area (Å²) in [6.45, 7) is 7.30. The molecule has 0 unspecified atom stereocenters. The standard InChI is InChI=1S/C20H29FN2O/c21-19-5-2-1-4-17(19)14-22-10-3-8-20(15-22)9-11-23(16-20)18-6-12-24-13-7-18/h1-2,4-5,18H,3,6-16H2/t20-/m0/s1. The highest BCUT2D eigenvalue weighted by molar-refractivity contribution is 5.17. The Kier molecular flexibility index (Phi) is 4.88. The molecule has 3 saturated heterocycles. The highest BCUT2D eigenvalue weighted by Crippen LogP contribution is 2.41. The Labute approximate surface area is 144 Å². The van der Waals surface area contributed by atoms with Crippen molar-refractivity contribution in [2.45, 2.75) is 44.7 Å². The lowest BCUT2D eigenvalue weighted by Gasteiger charge is -2.41. The van der Waals surface area contributed by atoms with Crippen molar-refractivity contribution in [2.75, 3.05) is 39.4 Å². The topological polar surface area (TPSA) is 15.7 Å². The van der Waals surface area contributed by atoms with Crippen molar-refractivity contribution < 1.29 is 9.13 Å². The second-order valence-corrected chi connectivity index (χ2v) is 7.97. The van der Waals surface area contributed by atoms with Crippen LogP contribution in [0.15, 0.2) is 24.3 Å². The molecule has 3 heterocycles. The summed E-state index contributed by atoms with van der Waals surface area (Å²) in [4.78, 5) is 5.20. The highest BCUT2D eigenvalue weighted by atomic mass is 19.1. The zero-order valence-electron chi connectivity index (χ0n) is 14.6. The molecule has 3 aliphatic heterocycles. The molecule has 0 N–H and O–H groups in total. The fourth-order valence-electron chi connectivity index (χ4n) is 4.98. The van der Waals surface area contributed by atoms with Crippen LogP contribution in [-0.2, 0) is 11.3 Å². The molecule has 0 aromatic heterocycles. The van der Waals surface area contributed by atoms with Crippen molar-refractivity contribution in [3.8, 4) is 0 Å². The summed E-state index contributed by atoms with van der Waals surface area (Å²) in [6, 6.07) is 7.96. The Morgan fingerprint density at radius 2 is 1.92 bits per heavy atom. The molecule has 4 heteroatoms. The van der Waals surface area contributed by atoms with E-state index >= 15 is 0 Å². The fraction of sp³-hybridized carbons (Fsp3) is 0.700. The van der Waals surface area contributed by atoms with Gasteiger partial charge < -0.3 is 4.74 Å². The van der Waals surface area contributed by atoms with Crippen LogP contribution in [0.4, 0.5) is 4.39 Å². The van der Waals surface area contributed by atoms with E-state index in [1.165, 1.54) is 45.2 Å². The van der Waals surface area contributed by atoms with Crippen LogP contribution in [0.25, 0.3) is 0 Å². The van der Waals surface area contributed by atoms with Gasteiger partial charge in [0.05, 0.1) is 0 Å². The molecule has 3 fully saturated rings. The lowest BCUT2D eigenvalue weighted by atomic mass is 9.79. The Morgan fingerprint density at radius 3 is 2.75 bits per heavy atom. The first-order chi connectivity index (χ1) is 11.7. The van der Waals surface area contributed by atoms with Gasteiger partial charge in [0.2, 0.25) is 0 Å². The van der Waals surface area contributed by atoms with Gasteiger partial charge in [0, 0.05) is 44.5 Å². The van der Waals surface area contributed by atoms with Crippen molar-refractivity contribution in [1.29, 1.82) is 0 Å². The van der Waals surface area contributed by atoms with Gasteiger partial charge >= 0.3 is 0 Å². The summed E-state index contributed by atoms with van der Waals surface area (Å²) in [5.41, 5.74) is 1.27. The van der Waals surface area contributed by atoms with Crippen LogP contribution in [0.3, 0.4) is 0 Å². The molecule has 3 aliphatic rings. The van der Waals surface area contributed by atoms with Gasteiger partial charge in [0.15, 0.2) is 0 Å². The number of ether oxygens (including phenoxy) is 1. The molecule has 1 aromatic rings. The van der Waals surface area contributed by atoms with Crippen LogP contribution in [0.2, 0.25) is 0 Å². The predicted molar refractivity (Wildman–Crippen MR) is 93.4 cm³/mol. The smallest absolute Gasteiger partial charge is 0.127 e. The third kappa shape index (κ3) is 3.51. The normalized spacial score (nSPS) is 30.2. The van der Waals surface area contributed by atoms with E-state index in [9.17, 15) is 4.39 Å². The van der Waals surface area contributed by atoms with Crippen LogP contribution < -0.4 is 0 Å². The summed E-state index contributed by atoms with van der Waals surface area (Å²) in [6.07, 6.45) is 6.26. The SMILES string of the molecule is Fc1ccccc1CN1CCC[C@]2(CCN(C3CCOCC3)C2)C1. The predicted octanol–water partition coefficient (Wildman–Crippen LogP) is 3.29. The van der Waals surface area contributed by atoms with Crippen molar-refractivity contribution in [3.63, 3.8) is 0 Å². The average molecular weight is 332 g/mol. The van der Waals surface area contributed by atoms with E-state index in [1.54, 1.807) is 12.1 Å². The van der Waals surface area contributed by atoms with Gasteiger partial charge in [-0.15, -0.1) is 0 Å². The molecular weight excluding hydrogens is 303 g/mol. The monoisotopic (exact) mass is 332 g/mol. The largest absolute Gasteiger partial charge is 0.381 e. The lowest BCUT2D eigenvalue weighted by molar-refractivity contribution is 0.0301. The summed E-state index contributed by atoms with van der Waals surface area (Å²) < 4.78 is 19.5. The summed E-state index contributed by atoms with van der Waals surface area (Å²) >= 11 is 0. The maximum atomic E-state index is 14.0. The van der Waals surface area contributed by atoms with E-state index < -0.39 is 0 Å². The second-order valence-electron chi connectivity index (χ2n) is 7.97. The first kappa shape index (κ1) is 16.5. The minimum Gasteiger partial charge on any atom is -0.381 e. The summed E-state index contributed by atoms with van der Waals surface area (Å²) in [5, 5.41) is 0. The van der Waals surface area contributed by atoms with Crippen LogP contribution >= 0.6 is 0 Å². The number of hydrogen-bond acceptors (Lipinski definition) is 3. The van der Waals surface area contributed by atoms with Gasteiger partial charge in [0.1, 0.15) is 5.82 Å². The van der Waals surface area contributed by atoms with Crippen molar-refractivity contribution in [2.24, 2.45) is 5.41 Å². The Balaban J connectivity index is 1.38.